The predicted octanol–water partition coefficient (Wildman–Crippen LogP) is 1.56. The number of rotatable bonds is 7. The molecule has 1 aromatic rings. The quantitative estimate of drug-likeness (QED) is 0.513. The summed E-state index contributed by atoms with van der Waals surface area (Å²) in [5.74, 6) is -3.16. The lowest BCUT2D eigenvalue weighted by atomic mass is 9.99. The Labute approximate surface area is 120 Å². The van der Waals surface area contributed by atoms with Gasteiger partial charge in [0.1, 0.15) is 4.99 Å². The molecular formula is C12H14N2O5S. The Morgan fingerprint density at radius 3 is 2.40 bits per heavy atom. The predicted molar refractivity (Wildman–Crippen MR) is 73.7 cm³/mol. The Bertz CT molecular complexity index is 494. The maximum Gasteiger partial charge on any atom is 0.306 e. The third-order valence-corrected chi connectivity index (χ3v) is 2.96. The van der Waals surface area contributed by atoms with Gasteiger partial charge in [-0.2, -0.15) is 0 Å². The number of anilines is 1. The number of aliphatic carboxylic acids is 2. The molecule has 0 amide bonds. The summed E-state index contributed by atoms with van der Waals surface area (Å²) in [6.45, 7) is 0. The van der Waals surface area contributed by atoms with Crippen molar-refractivity contribution in [2.24, 2.45) is 5.92 Å². The van der Waals surface area contributed by atoms with Gasteiger partial charge in [0.05, 0.1) is 11.6 Å². The van der Waals surface area contributed by atoms with Crippen molar-refractivity contribution in [3.8, 4) is 0 Å². The summed E-state index contributed by atoms with van der Waals surface area (Å²) in [5.41, 5.74) is 0.368. The molecular weight excluding hydrogens is 284 g/mol. The zero-order valence-electron chi connectivity index (χ0n) is 10.5. The van der Waals surface area contributed by atoms with Crippen LogP contribution in [0.25, 0.3) is 0 Å². The van der Waals surface area contributed by atoms with Gasteiger partial charge in [-0.05, 0) is 18.6 Å². The summed E-state index contributed by atoms with van der Waals surface area (Å²) in [5, 5.41) is 28.2. The molecule has 20 heavy (non-hydrogen) atoms. The van der Waals surface area contributed by atoms with Gasteiger partial charge in [-0.25, -0.2) is 5.06 Å². The molecule has 0 fully saturated rings. The SMILES string of the molecule is O=C(O)CCC(CC(=S)N(O)c1ccncc1)C(=O)O. The highest BCUT2D eigenvalue weighted by atomic mass is 32.1. The van der Waals surface area contributed by atoms with E-state index < -0.39 is 17.9 Å². The number of hydrogen-bond donors (Lipinski definition) is 3. The molecule has 0 aromatic carbocycles. The van der Waals surface area contributed by atoms with Crippen LogP contribution in [0.4, 0.5) is 5.69 Å². The molecule has 3 N–H and O–H groups in total. The van der Waals surface area contributed by atoms with Crippen LogP contribution in [0.5, 0.6) is 0 Å². The molecule has 1 aromatic heterocycles. The van der Waals surface area contributed by atoms with Crippen molar-refractivity contribution in [3.05, 3.63) is 24.5 Å². The first-order valence-corrected chi connectivity index (χ1v) is 6.19. The van der Waals surface area contributed by atoms with Gasteiger partial charge in [-0.15, -0.1) is 0 Å². The molecule has 0 saturated heterocycles. The fraction of sp³-hybridized carbons (Fsp3) is 0.333. The number of aromatic nitrogens is 1. The molecule has 0 aliphatic heterocycles. The van der Waals surface area contributed by atoms with Gasteiger partial charge in [0, 0.05) is 25.2 Å². The lowest BCUT2D eigenvalue weighted by Gasteiger charge is -2.20. The molecule has 0 aliphatic rings. The first kappa shape index (κ1) is 16.0. The molecule has 0 saturated carbocycles. The van der Waals surface area contributed by atoms with E-state index in [4.69, 9.17) is 22.4 Å². The Morgan fingerprint density at radius 2 is 1.90 bits per heavy atom. The van der Waals surface area contributed by atoms with Gasteiger partial charge < -0.3 is 10.2 Å². The Hall–Kier alpha value is -2.06. The molecule has 108 valence electrons. The molecule has 0 bridgehead atoms. The summed E-state index contributed by atoms with van der Waals surface area (Å²) < 4.78 is 0. The Kier molecular flexibility index (Phi) is 6.01. The van der Waals surface area contributed by atoms with Gasteiger partial charge >= 0.3 is 11.9 Å². The van der Waals surface area contributed by atoms with E-state index in [-0.39, 0.29) is 24.3 Å². The lowest BCUT2D eigenvalue weighted by Crippen LogP contribution is -2.29. The first-order chi connectivity index (χ1) is 9.41. The molecule has 7 nitrogen and oxygen atoms in total. The minimum absolute atomic E-state index is 0.00832. The number of carbonyl (C=O) groups is 2. The number of hydroxylamine groups is 1. The minimum Gasteiger partial charge on any atom is -0.481 e. The highest BCUT2D eigenvalue weighted by Gasteiger charge is 2.23. The van der Waals surface area contributed by atoms with E-state index in [1.54, 1.807) is 0 Å². The van der Waals surface area contributed by atoms with E-state index in [0.29, 0.717) is 10.8 Å². The van der Waals surface area contributed by atoms with Crippen molar-refractivity contribution in [3.63, 3.8) is 0 Å². The number of nitrogens with zero attached hydrogens (tertiary/aromatic N) is 2. The molecule has 1 unspecified atom stereocenters. The van der Waals surface area contributed by atoms with E-state index in [9.17, 15) is 14.8 Å². The summed E-state index contributed by atoms with van der Waals surface area (Å²) in [7, 11) is 0. The summed E-state index contributed by atoms with van der Waals surface area (Å²) in [6, 6.07) is 3.03. The summed E-state index contributed by atoms with van der Waals surface area (Å²) in [6.07, 6.45) is 2.49. The van der Waals surface area contributed by atoms with Crippen molar-refractivity contribution in [2.75, 3.05) is 5.06 Å². The summed E-state index contributed by atoms with van der Waals surface area (Å²) >= 11 is 4.98. The minimum atomic E-state index is -1.14. The van der Waals surface area contributed by atoms with Crippen molar-refractivity contribution in [1.82, 2.24) is 4.98 Å². The van der Waals surface area contributed by atoms with Crippen LogP contribution in [-0.4, -0.2) is 37.3 Å². The van der Waals surface area contributed by atoms with Crippen LogP contribution in [0.1, 0.15) is 19.3 Å². The van der Waals surface area contributed by atoms with Crippen LogP contribution < -0.4 is 5.06 Å². The van der Waals surface area contributed by atoms with Crippen LogP contribution in [-0.2, 0) is 9.59 Å². The van der Waals surface area contributed by atoms with E-state index in [1.807, 2.05) is 0 Å². The highest BCUT2D eigenvalue weighted by Crippen LogP contribution is 2.18. The third-order valence-electron chi connectivity index (χ3n) is 2.62. The van der Waals surface area contributed by atoms with Crippen LogP contribution in [0, 0.1) is 5.92 Å². The zero-order valence-corrected chi connectivity index (χ0v) is 11.3. The van der Waals surface area contributed by atoms with Gasteiger partial charge in [-0.3, -0.25) is 19.8 Å². The Balaban J connectivity index is 2.66. The van der Waals surface area contributed by atoms with Crippen LogP contribution in [0.2, 0.25) is 0 Å². The van der Waals surface area contributed by atoms with E-state index in [1.165, 1.54) is 24.5 Å². The van der Waals surface area contributed by atoms with Crippen molar-refractivity contribution >= 4 is 34.8 Å². The number of hydrogen-bond acceptors (Lipinski definition) is 5. The fourth-order valence-electron chi connectivity index (χ4n) is 1.54. The van der Waals surface area contributed by atoms with E-state index >= 15 is 0 Å². The van der Waals surface area contributed by atoms with Crippen LogP contribution in [0.3, 0.4) is 0 Å². The second kappa shape index (κ2) is 7.51. The standard InChI is InChI=1S/C12H14N2O5S/c15-11(16)2-1-8(12(17)18)7-10(20)14(19)9-3-5-13-6-4-9/h3-6,8,19H,1-2,7H2,(H,15,16)(H,17,18). The smallest absolute Gasteiger partial charge is 0.306 e. The summed E-state index contributed by atoms with van der Waals surface area (Å²) in [4.78, 5) is 25.3. The topological polar surface area (TPSA) is 111 Å². The second-order valence-electron chi connectivity index (χ2n) is 4.08. The fourth-order valence-corrected chi connectivity index (χ4v) is 1.84. The average Bonchev–Trinajstić information content (AvgIpc) is 2.42. The zero-order chi connectivity index (χ0) is 15.1. The first-order valence-electron chi connectivity index (χ1n) is 5.78. The van der Waals surface area contributed by atoms with Gasteiger partial charge in [0.25, 0.3) is 0 Å². The van der Waals surface area contributed by atoms with Crippen LogP contribution >= 0.6 is 12.2 Å². The molecule has 0 aliphatic carbocycles. The molecule has 1 atom stereocenters. The number of carboxylic acid groups (broad SMARTS) is 2. The molecule has 0 spiro atoms. The average molecular weight is 298 g/mol. The van der Waals surface area contributed by atoms with Gasteiger partial charge in [0.2, 0.25) is 0 Å². The van der Waals surface area contributed by atoms with Crippen molar-refractivity contribution < 1.29 is 25.0 Å². The molecule has 1 heterocycles. The molecule has 0 radical (unpaired) electrons. The third kappa shape index (κ3) is 4.90. The number of thiocarbonyl (C=S) groups is 1. The van der Waals surface area contributed by atoms with E-state index in [2.05, 4.69) is 4.98 Å². The van der Waals surface area contributed by atoms with Crippen molar-refractivity contribution in [1.29, 1.82) is 0 Å². The number of carboxylic acids is 2. The monoisotopic (exact) mass is 298 g/mol. The Morgan fingerprint density at radius 1 is 1.30 bits per heavy atom. The highest BCUT2D eigenvalue weighted by molar-refractivity contribution is 7.80. The van der Waals surface area contributed by atoms with Crippen LogP contribution in [0.15, 0.2) is 24.5 Å². The lowest BCUT2D eigenvalue weighted by molar-refractivity contribution is -0.142. The number of pyridine rings is 1. The maximum atomic E-state index is 11.0. The van der Waals surface area contributed by atoms with Gasteiger partial charge in [-0.1, -0.05) is 12.2 Å². The van der Waals surface area contributed by atoms with Crippen molar-refractivity contribution in [2.45, 2.75) is 19.3 Å². The normalized spacial score (nSPS) is 11.7. The van der Waals surface area contributed by atoms with E-state index in [0.717, 1.165) is 0 Å². The molecule has 8 heteroatoms. The largest absolute Gasteiger partial charge is 0.481 e. The maximum absolute atomic E-state index is 11.0. The molecule has 1 rings (SSSR count). The van der Waals surface area contributed by atoms with Gasteiger partial charge in [0.15, 0.2) is 0 Å². The second-order valence-corrected chi connectivity index (χ2v) is 4.55.